The summed E-state index contributed by atoms with van der Waals surface area (Å²) in [6.07, 6.45) is 7.13. The monoisotopic (exact) mass is 444 g/mol. The molecule has 32 heavy (non-hydrogen) atoms. The number of rotatable bonds is 4. The van der Waals surface area contributed by atoms with Crippen molar-refractivity contribution in [2.45, 2.75) is 57.1 Å². The van der Waals surface area contributed by atoms with Crippen molar-refractivity contribution in [1.29, 1.82) is 0 Å². The summed E-state index contributed by atoms with van der Waals surface area (Å²) in [4.78, 5) is 36.0. The van der Waals surface area contributed by atoms with E-state index in [9.17, 15) is 14.7 Å². The lowest BCUT2D eigenvalue weighted by atomic mass is 9.78. The molecule has 1 N–H and O–H groups in total. The fourth-order valence-corrected chi connectivity index (χ4v) is 5.85. The first kappa shape index (κ1) is 21.3. The van der Waals surface area contributed by atoms with Gasteiger partial charge in [0.15, 0.2) is 11.6 Å². The van der Waals surface area contributed by atoms with E-state index in [1.807, 2.05) is 6.07 Å². The number of carbonyl (C=O) groups excluding carboxylic acids is 2. The van der Waals surface area contributed by atoms with Gasteiger partial charge < -0.3 is 24.4 Å². The second-order valence-electron chi connectivity index (χ2n) is 9.50. The molecule has 4 fully saturated rings. The van der Waals surface area contributed by atoms with Crippen LogP contribution in [0.25, 0.3) is 0 Å². The molecule has 3 aliphatic heterocycles. The molecular weight excluding hydrogens is 412 g/mol. The van der Waals surface area contributed by atoms with E-state index in [0.717, 1.165) is 63.9 Å². The maximum absolute atomic E-state index is 13.6. The number of anilines is 2. The average molecular weight is 445 g/mol. The summed E-state index contributed by atoms with van der Waals surface area (Å²) in [5, 5.41) is 9.83. The molecule has 0 aromatic carbocycles. The van der Waals surface area contributed by atoms with Gasteiger partial charge in [0.05, 0.1) is 37.1 Å². The zero-order valence-electron chi connectivity index (χ0n) is 18.7. The Labute approximate surface area is 188 Å². The van der Waals surface area contributed by atoms with E-state index in [1.54, 1.807) is 18.2 Å². The van der Waals surface area contributed by atoms with E-state index < -0.39 is 0 Å². The maximum Gasteiger partial charge on any atom is 0.414 e. The van der Waals surface area contributed by atoms with Crippen LogP contribution in [0.4, 0.5) is 16.3 Å². The first-order chi connectivity index (χ1) is 15.5. The van der Waals surface area contributed by atoms with E-state index in [4.69, 9.17) is 9.47 Å². The average Bonchev–Trinajstić information content (AvgIpc) is 3.37. The fourth-order valence-electron chi connectivity index (χ4n) is 5.85. The summed E-state index contributed by atoms with van der Waals surface area (Å²) < 4.78 is 10.7. The van der Waals surface area contributed by atoms with Gasteiger partial charge in [-0.25, -0.2) is 9.78 Å². The molecule has 1 aromatic heterocycles. The number of aliphatic hydroxyl groups excluding tert-OH is 1. The smallest absolute Gasteiger partial charge is 0.414 e. The summed E-state index contributed by atoms with van der Waals surface area (Å²) in [6.45, 7) is 3.12. The number of aliphatic hydroxyl groups is 1. The summed E-state index contributed by atoms with van der Waals surface area (Å²) in [5.41, 5.74) is 0.278. The van der Waals surface area contributed by atoms with Gasteiger partial charge in [-0.05, 0) is 44.9 Å². The van der Waals surface area contributed by atoms with Crippen LogP contribution in [0.1, 0.15) is 44.9 Å². The minimum Gasteiger partial charge on any atom is -0.493 e. The molecule has 1 saturated carbocycles. The van der Waals surface area contributed by atoms with Gasteiger partial charge in [0.1, 0.15) is 6.61 Å². The lowest BCUT2D eigenvalue weighted by Gasteiger charge is -2.41. The zero-order chi connectivity index (χ0) is 22.3. The van der Waals surface area contributed by atoms with Crippen LogP contribution in [-0.4, -0.2) is 79.0 Å². The highest BCUT2D eigenvalue weighted by atomic mass is 16.6. The summed E-state index contributed by atoms with van der Waals surface area (Å²) in [6, 6.07) is 2.08. The molecular formula is C23H32N4O5. The molecule has 0 bridgehead atoms. The Morgan fingerprint density at radius 3 is 2.69 bits per heavy atom. The van der Waals surface area contributed by atoms with Crippen LogP contribution in [0, 0.1) is 5.41 Å². The van der Waals surface area contributed by atoms with Crippen molar-refractivity contribution in [2.24, 2.45) is 5.41 Å². The molecule has 1 atom stereocenters. The summed E-state index contributed by atoms with van der Waals surface area (Å²) in [7, 11) is 1.60. The van der Waals surface area contributed by atoms with Crippen molar-refractivity contribution in [1.82, 2.24) is 9.88 Å². The van der Waals surface area contributed by atoms with Gasteiger partial charge in [0.25, 0.3) is 0 Å². The first-order valence-corrected chi connectivity index (χ1v) is 11.7. The maximum atomic E-state index is 13.6. The van der Waals surface area contributed by atoms with Gasteiger partial charge in [-0.1, -0.05) is 0 Å². The lowest BCUT2D eigenvalue weighted by Crippen LogP contribution is -2.50. The van der Waals surface area contributed by atoms with Crippen molar-refractivity contribution in [3.63, 3.8) is 0 Å². The molecule has 5 rings (SSSR count). The minimum atomic E-state index is -0.377. The van der Waals surface area contributed by atoms with Crippen molar-refractivity contribution in [3.8, 4) is 5.75 Å². The Kier molecular flexibility index (Phi) is 5.61. The van der Waals surface area contributed by atoms with Gasteiger partial charge in [0.2, 0.25) is 5.91 Å². The minimum absolute atomic E-state index is 0.216. The van der Waals surface area contributed by atoms with E-state index >= 15 is 0 Å². The second kappa shape index (κ2) is 8.42. The quantitative estimate of drug-likeness (QED) is 0.760. The third-order valence-electron chi connectivity index (χ3n) is 7.64. The molecule has 3 saturated heterocycles. The number of piperidine rings is 1. The number of hydrogen-bond donors (Lipinski definition) is 1. The Balaban J connectivity index is 1.34. The third-order valence-corrected chi connectivity index (χ3v) is 7.64. The number of pyridine rings is 1. The van der Waals surface area contributed by atoms with E-state index in [-0.39, 0.29) is 29.6 Å². The van der Waals surface area contributed by atoms with Gasteiger partial charge in [-0.15, -0.1) is 0 Å². The van der Waals surface area contributed by atoms with E-state index in [0.29, 0.717) is 31.1 Å². The van der Waals surface area contributed by atoms with Crippen molar-refractivity contribution < 1.29 is 24.2 Å². The van der Waals surface area contributed by atoms with E-state index in [2.05, 4.69) is 14.8 Å². The number of cyclic esters (lactones) is 1. The van der Waals surface area contributed by atoms with Crippen molar-refractivity contribution in [3.05, 3.63) is 12.3 Å². The molecule has 0 radical (unpaired) electrons. The van der Waals surface area contributed by atoms with Crippen LogP contribution < -0.4 is 14.5 Å². The Bertz CT molecular complexity index is 887. The molecule has 2 amide bonds. The van der Waals surface area contributed by atoms with Crippen LogP contribution >= 0.6 is 0 Å². The Hall–Kier alpha value is -2.55. The van der Waals surface area contributed by atoms with Crippen molar-refractivity contribution >= 4 is 23.5 Å². The highest BCUT2D eigenvalue weighted by Gasteiger charge is 2.51. The molecule has 1 aromatic rings. The topological polar surface area (TPSA) is 95.4 Å². The molecule has 4 aliphatic rings. The predicted octanol–water partition coefficient (Wildman–Crippen LogP) is 2.17. The number of amides is 2. The van der Waals surface area contributed by atoms with Gasteiger partial charge in [-0.3, -0.25) is 9.69 Å². The predicted molar refractivity (Wildman–Crippen MR) is 118 cm³/mol. The van der Waals surface area contributed by atoms with Crippen LogP contribution in [0.3, 0.4) is 0 Å². The number of aromatic nitrogens is 1. The number of carbonyl (C=O) groups is 2. The molecule has 1 spiro atoms. The molecule has 9 heteroatoms. The normalized spacial score (nSPS) is 30.9. The molecule has 9 nitrogen and oxygen atoms in total. The number of hydrogen-bond acceptors (Lipinski definition) is 7. The fraction of sp³-hybridized carbons (Fsp3) is 0.696. The van der Waals surface area contributed by atoms with Gasteiger partial charge in [-0.2, -0.15) is 0 Å². The molecule has 4 heterocycles. The number of ether oxygens (including phenoxy) is 2. The molecule has 1 aliphatic carbocycles. The number of nitrogens with zero attached hydrogens (tertiary/aromatic N) is 4. The van der Waals surface area contributed by atoms with Crippen LogP contribution in [0.2, 0.25) is 0 Å². The van der Waals surface area contributed by atoms with Crippen molar-refractivity contribution in [2.75, 3.05) is 49.7 Å². The van der Waals surface area contributed by atoms with E-state index in [1.165, 1.54) is 0 Å². The number of methoxy groups -OCH3 is 1. The van der Waals surface area contributed by atoms with Crippen LogP contribution in [-0.2, 0) is 9.53 Å². The van der Waals surface area contributed by atoms with Gasteiger partial charge in [0, 0.05) is 31.7 Å². The first-order valence-electron chi connectivity index (χ1n) is 11.7. The molecule has 174 valence electrons. The Morgan fingerprint density at radius 1 is 1.16 bits per heavy atom. The highest BCUT2D eigenvalue weighted by molar-refractivity contribution is 5.90. The van der Waals surface area contributed by atoms with Gasteiger partial charge >= 0.3 is 6.09 Å². The summed E-state index contributed by atoms with van der Waals surface area (Å²) >= 11 is 0. The summed E-state index contributed by atoms with van der Waals surface area (Å²) in [5.74, 6) is 1.58. The molecule has 0 unspecified atom stereocenters. The Morgan fingerprint density at radius 2 is 1.97 bits per heavy atom. The zero-order valence-corrected chi connectivity index (χ0v) is 18.7. The third kappa shape index (κ3) is 3.66. The van der Waals surface area contributed by atoms with Crippen LogP contribution in [0.5, 0.6) is 5.75 Å². The largest absolute Gasteiger partial charge is 0.493 e. The SMILES string of the molecule is COc1cc(N2CCOC2=O)cnc1N1CCC[C@@]2(CCN([C@H]3CC[C@@H](O)CC3)C2=O)C1. The standard InChI is InChI=1S/C23H32N4O5/c1-31-19-13-17(27-11-12-32-22(27)30)14-24-20(19)25-9-2-7-23(15-25)8-10-26(21(23)29)16-3-5-18(28)6-4-16/h13-14,16,18,28H,2-12,15H2,1H3/t16-,18+,23-/m1/s1. The second-order valence-corrected chi connectivity index (χ2v) is 9.50. The number of likely N-dealkylation sites (tertiary alicyclic amines) is 1. The van der Waals surface area contributed by atoms with Crippen LogP contribution in [0.15, 0.2) is 12.3 Å². The highest BCUT2D eigenvalue weighted by Crippen LogP contribution is 2.44. The lowest BCUT2D eigenvalue weighted by molar-refractivity contribution is -0.139.